The van der Waals surface area contributed by atoms with Crippen LogP contribution in [0.4, 0.5) is 0 Å². The molecular formula is C21H25N5O. The van der Waals surface area contributed by atoms with Gasteiger partial charge >= 0.3 is 0 Å². The molecule has 6 nitrogen and oxygen atoms in total. The quantitative estimate of drug-likeness (QED) is 0.757. The summed E-state index contributed by atoms with van der Waals surface area (Å²) in [5, 5.41) is 7.35. The van der Waals surface area contributed by atoms with Crippen LogP contribution in [0, 0.1) is 6.92 Å². The van der Waals surface area contributed by atoms with Crippen molar-refractivity contribution in [1.82, 2.24) is 24.6 Å². The molecule has 1 aromatic carbocycles. The number of carbonyl (C=O) groups excluding carboxylic acids is 1. The topological polar surface area (TPSA) is 55.1 Å². The zero-order valence-corrected chi connectivity index (χ0v) is 15.8. The van der Waals surface area contributed by atoms with E-state index in [9.17, 15) is 4.79 Å². The van der Waals surface area contributed by atoms with Gasteiger partial charge < -0.3 is 9.88 Å². The van der Waals surface area contributed by atoms with E-state index < -0.39 is 0 Å². The molecule has 27 heavy (non-hydrogen) atoms. The summed E-state index contributed by atoms with van der Waals surface area (Å²) in [7, 11) is 1.85. The predicted molar refractivity (Wildman–Crippen MR) is 104 cm³/mol. The number of nitrogens with one attached hydrogen (secondary N) is 1. The van der Waals surface area contributed by atoms with Gasteiger partial charge in [-0.2, -0.15) is 5.10 Å². The normalized spacial score (nSPS) is 16.9. The van der Waals surface area contributed by atoms with Crippen molar-refractivity contribution in [3.63, 3.8) is 0 Å². The second-order valence-corrected chi connectivity index (χ2v) is 7.20. The predicted octanol–water partition coefficient (Wildman–Crippen LogP) is 2.34. The van der Waals surface area contributed by atoms with E-state index in [-0.39, 0.29) is 11.9 Å². The molecule has 3 aromatic rings. The fraction of sp³-hybridized carbons (Fsp3) is 0.333. The molecule has 1 aliphatic heterocycles. The number of benzene rings is 1. The average Bonchev–Trinajstić information content (AvgIpc) is 3.26. The average molecular weight is 363 g/mol. The largest absolute Gasteiger partial charge is 0.349 e. The van der Waals surface area contributed by atoms with E-state index in [1.807, 2.05) is 26.1 Å². The lowest BCUT2D eigenvalue weighted by Crippen LogP contribution is -2.48. The van der Waals surface area contributed by atoms with Crippen LogP contribution in [-0.2, 0) is 26.7 Å². The summed E-state index contributed by atoms with van der Waals surface area (Å²) in [6, 6.07) is 16.8. The fourth-order valence-corrected chi connectivity index (χ4v) is 3.62. The van der Waals surface area contributed by atoms with Gasteiger partial charge in [0.25, 0.3) is 5.91 Å². The number of hydrogen-bond donors (Lipinski definition) is 1. The highest BCUT2D eigenvalue weighted by atomic mass is 16.1. The first-order chi connectivity index (χ1) is 13.1. The van der Waals surface area contributed by atoms with E-state index >= 15 is 0 Å². The molecule has 140 valence electrons. The van der Waals surface area contributed by atoms with Gasteiger partial charge in [0, 0.05) is 56.9 Å². The van der Waals surface area contributed by atoms with Crippen molar-refractivity contribution in [1.29, 1.82) is 0 Å². The molecule has 0 bridgehead atoms. The molecule has 3 heterocycles. The van der Waals surface area contributed by atoms with E-state index in [0.717, 1.165) is 25.3 Å². The van der Waals surface area contributed by atoms with E-state index in [1.54, 1.807) is 4.68 Å². The first kappa shape index (κ1) is 17.5. The Labute approximate surface area is 159 Å². The summed E-state index contributed by atoms with van der Waals surface area (Å²) >= 11 is 0. The molecule has 0 saturated carbocycles. The third-order valence-electron chi connectivity index (χ3n) is 5.29. The van der Waals surface area contributed by atoms with Gasteiger partial charge in [0.05, 0.1) is 0 Å². The third kappa shape index (κ3) is 3.80. The summed E-state index contributed by atoms with van der Waals surface area (Å²) in [5.74, 6) is -0.114. The Balaban J connectivity index is 1.47. The molecular weight excluding hydrogens is 338 g/mol. The van der Waals surface area contributed by atoms with E-state index in [0.29, 0.717) is 12.2 Å². The van der Waals surface area contributed by atoms with Gasteiger partial charge in [-0.05, 0) is 30.7 Å². The maximum atomic E-state index is 12.5. The number of amides is 1. The Morgan fingerprint density at radius 2 is 2.04 bits per heavy atom. The van der Waals surface area contributed by atoms with Gasteiger partial charge in [0.15, 0.2) is 0 Å². The monoisotopic (exact) mass is 363 g/mol. The molecule has 1 amide bonds. The minimum Gasteiger partial charge on any atom is -0.349 e. The molecule has 1 atom stereocenters. The number of nitrogens with zero attached hydrogens (tertiary/aromatic N) is 4. The van der Waals surface area contributed by atoms with Gasteiger partial charge in [-0.3, -0.25) is 14.4 Å². The minimum atomic E-state index is -0.114. The van der Waals surface area contributed by atoms with Crippen molar-refractivity contribution in [3.8, 4) is 0 Å². The maximum Gasteiger partial charge on any atom is 0.271 e. The van der Waals surface area contributed by atoms with Crippen LogP contribution in [0.5, 0.6) is 0 Å². The van der Waals surface area contributed by atoms with Gasteiger partial charge in [-0.1, -0.05) is 30.3 Å². The summed E-state index contributed by atoms with van der Waals surface area (Å²) in [6.45, 7) is 5.16. The number of aryl methyl sites for hydroxylation is 2. The zero-order chi connectivity index (χ0) is 18.8. The first-order valence-electron chi connectivity index (χ1n) is 9.31. The number of fused-ring (bicyclic) bond motifs is 1. The number of carbonyl (C=O) groups is 1. The van der Waals surface area contributed by atoms with Gasteiger partial charge in [0.2, 0.25) is 0 Å². The number of aromatic nitrogens is 3. The molecule has 4 rings (SSSR count). The van der Waals surface area contributed by atoms with Crippen molar-refractivity contribution >= 4 is 5.91 Å². The summed E-state index contributed by atoms with van der Waals surface area (Å²) in [5.41, 5.74) is 4.05. The SMILES string of the molecule is Cc1cc(C(=O)NCC2Cn3cccc3CN2Cc2ccccc2)nn1C. The molecule has 1 aliphatic rings. The van der Waals surface area contributed by atoms with Crippen molar-refractivity contribution in [2.24, 2.45) is 7.05 Å². The Morgan fingerprint density at radius 1 is 1.22 bits per heavy atom. The van der Waals surface area contributed by atoms with Gasteiger partial charge in [-0.15, -0.1) is 0 Å². The van der Waals surface area contributed by atoms with Crippen molar-refractivity contribution in [3.05, 3.63) is 77.4 Å². The molecule has 0 spiro atoms. The lowest BCUT2D eigenvalue weighted by atomic mass is 10.1. The van der Waals surface area contributed by atoms with Crippen LogP contribution in [0.1, 0.15) is 27.4 Å². The van der Waals surface area contributed by atoms with Crippen LogP contribution >= 0.6 is 0 Å². The molecule has 2 aromatic heterocycles. The lowest BCUT2D eigenvalue weighted by Gasteiger charge is -2.37. The van der Waals surface area contributed by atoms with E-state index in [2.05, 4.69) is 62.5 Å². The first-order valence-corrected chi connectivity index (χ1v) is 9.31. The Bertz CT molecular complexity index is 908. The highest BCUT2D eigenvalue weighted by molar-refractivity contribution is 5.92. The van der Waals surface area contributed by atoms with E-state index in [1.165, 1.54) is 11.3 Å². The Hall–Kier alpha value is -2.86. The van der Waals surface area contributed by atoms with Crippen LogP contribution in [0.2, 0.25) is 0 Å². The molecule has 0 fully saturated rings. The van der Waals surface area contributed by atoms with Gasteiger partial charge in [-0.25, -0.2) is 0 Å². The second kappa shape index (κ2) is 7.40. The number of rotatable bonds is 5. The van der Waals surface area contributed by atoms with Crippen molar-refractivity contribution < 1.29 is 4.79 Å². The van der Waals surface area contributed by atoms with Crippen LogP contribution in [0.25, 0.3) is 0 Å². The summed E-state index contributed by atoms with van der Waals surface area (Å²) < 4.78 is 4.01. The second-order valence-electron chi connectivity index (χ2n) is 7.20. The lowest BCUT2D eigenvalue weighted by molar-refractivity contribution is 0.0893. The number of hydrogen-bond acceptors (Lipinski definition) is 3. The van der Waals surface area contributed by atoms with E-state index in [4.69, 9.17) is 0 Å². The van der Waals surface area contributed by atoms with Crippen LogP contribution < -0.4 is 5.32 Å². The standard InChI is InChI=1S/C21H25N5O/c1-16-11-20(23-24(16)2)21(27)22-12-19-15-25-10-6-9-18(25)14-26(19)13-17-7-4-3-5-8-17/h3-11,19H,12-15H2,1-2H3,(H,22,27). The van der Waals surface area contributed by atoms with Crippen molar-refractivity contribution in [2.75, 3.05) is 6.54 Å². The van der Waals surface area contributed by atoms with Crippen LogP contribution in [-0.4, -0.2) is 37.7 Å². The summed E-state index contributed by atoms with van der Waals surface area (Å²) in [4.78, 5) is 14.9. The van der Waals surface area contributed by atoms with Crippen LogP contribution in [0.15, 0.2) is 54.7 Å². The molecule has 0 saturated heterocycles. The molecule has 0 radical (unpaired) electrons. The fourth-order valence-electron chi connectivity index (χ4n) is 3.62. The molecule has 1 N–H and O–H groups in total. The highest BCUT2D eigenvalue weighted by Gasteiger charge is 2.26. The minimum absolute atomic E-state index is 0.114. The molecule has 0 aliphatic carbocycles. The molecule has 1 unspecified atom stereocenters. The third-order valence-corrected chi connectivity index (χ3v) is 5.29. The highest BCUT2D eigenvalue weighted by Crippen LogP contribution is 2.20. The Morgan fingerprint density at radius 3 is 2.78 bits per heavy atom. The van der Waals surface area contributed by atoms with Gasteiger partial charge in [0.1, 0.15) is 5.69 Å². The molecule has 6 heteroatoms. The van der Waals surface area contributed by atoms with Crippen molar-refractivity contribution in [2.45, 2.75) is 32.6 Å². The smallest absolute Gasteiger partial charge is 0.271 e. The summed E-state index contributed by atoms with van der Waals surface area (Å²) in [6.07, 6.45) is 2.12. The zero-order valence-electron chi connectivity index (χ0n) is 15.8. The maximum absolute atomic E-state index is 12.5. The van der Waals surface area contributed by atoms with Crippen LogP contribution in [0.3, 0.4) is 0 Å². The Kier molecular flexibility index (Phi) is 4.81.